The van der Waals surface area contributed by atoms with Crippen LogP contribution in [0.25, 0.3) is 22.5 Å². The Morgan fingerprint density at radius 1 is 1.04 bits per heavy atom. The lowest BCUT2D eigenvalue weighted by atomic mass is 9.96. The highest BCUT2D eigenvalue weighted by Gasteiger charge is 2.32. The summed E-state index contributed by atoms with van der Waals surface area (Å²) in [5.74, 6) is -0.171. The highest BCUT2D eigenvalue weighted by Crippen LogP contribution is 2.44. The Labute approximate surface area is 160 Å². The number of carbonyl (C=O) groups is 1. The molecule has 0 spiro atoms. The minimum absolute atomic E-state index is 0.229. The van der Waals surface area contributed by atoms with Crippen molar-refractivity contribution >= 4 is 5.97 Å². The molecule has 2 aromatic carbocycles. The summed E-state index contributed by atoms with van der Waals surface area (Å²) >= 11 is 0. The number of rotatable bonds is 2. The molecule has 0 N–H and O–H groups in total. The van der Waals surface area contributed by atoms with Crippen LogP contribution in [0.2, 0.25) is 0 Å². The van der Waals surface area contributed by atoms with Gasteiger partial charge in [0, 0.05) is 6.92 Å². The van der Waals surface area contributed by atoms with Gasteiger partial charge in [0.05, 0.1) is 16.7 Å². The monoisotopic (exact) mass is 380 g/mol. The zero-order chi connectivity index (χ0) is 20.0. The third kappa shape index (κ3) is 3.07. The first-order chi connectivity index (χ1) is 13.3. The van der Waals surface area contributed by atoms with E-state index in [9.17, 15) is 14.0 Å². The molecule has 1 aliphatic heterocycles. The van der Waals surface area contributed by atoms with E-state index >= 15 is 0 Å². The molecule has 0 fully saturated rings. The van der Waals surface area contributed by atoms with Crippen molar-refractivity contribution in [2.45, 2.75) is 27.1 Å². The van der Waals surface area contributed by atoms with Crippen LogP contribution in [0, 0.1) is 19.7 Å². The molecule has 0 aliphatic carbocycles. The number of halogens is 1. The van der Waals surface area contributed by atoms with E-state index in [-0.39, 0.29) is 5.56 Å². The van der Waals surface area contributed by atoms with Gasteiger partial charge in [-0.15, -0.1) is 0 Å². The van der Waals surface area contributed by atoms with Crippen molar-refractivity contribution in [3.05, 3.63) is 75.4 Å². The van der Waals surface area contributed by atoms with Crippen molar-refractivity contribution in [2.75, 3.05) is 0 Å². The van der Waals surface area contributed by atoms with Crippen molar-refractivity contribution in [1.82, 2.24) is 0 Å². The largest absolute Gasteiger partial charge is 0.450 e. The number of hydrogen-bond donors (Lipinski definition) is 0. The van der Waals surface area contributed by atoms with Gasteiger partial charge in [0.2, 0.25) is 0 Å². The van der Waals surface area contributed by atoms with E-state index in [1.54, 1.807) is 6.07 Å². The van der Waals surface area contributed by atoms with E-state index < -0.39 is 23.7 Å². The van der Waals surface area contributed by atoms with Gasteiger partial charge in [-0.3, -0.25) is 4.79 Å². The van der Waals surface area contributed by atoms with E-state index in [0.29, 0.717) is 28.2 Å². The van der Waals surface area contributed by atoms with Gasteiger partial charge in [0.1, 0.15) is 11.6 Å². The van der Waals surface area contributed by atoms with Gasteiger partial charge in [-0.25, -0.2) is 9.18 Å². The third-order valence-electron chi connectivity index (χ3n) is 4.73. The first-order valence-corrected chi connectivity index (χ1v) is 8.73. The van der Waals surface area contributed by atoms with Crippen LogP contribution >= 0.6 is 0 Å². The summed E-state index contributed by atoms with van der Waals surface area (Å²) in [6, 6.07) is 10.7. The summed E-state index contributed by atoms with van der Waals surface area (Å²) in [6.45, 7) is 5.15. The number of benzene rings is 2. The van der Waals surface area contributed by atoms with Crippen molar-refractivity contribution in [1.29, 1.82) is 0 Å². The molecule has 142 valence electrons. The first kappa shape index (κ1) is 18.0. The van der Waals surface area contributed by atoms with E-state index in [1.807, 2.05) is 26.0 Å². The molecule has 0 saturated heterocycles. The quantitative estimate of drug-likeness (QED) is 0.604. The fourth-order valence-corrected chi connectivity index (χ4v) is 3.18. The number of fused-ring (bicyclic) bond motifs is 3. The summed E-state index contributed by atoms with van der Waals surface area (Å²) in [7, 11) is 0. The normalized spacial score (nSPS) is 14.6. The second kappa shape index (κ2) is 6.64. The van der Waals surface area contributed by atoms with Crippen LogP contribution in [0.3, 0.4) is 0 Å². The predicted molar refractivity (Wildman–Crippen MR) is 100 cm³/mol. The van der Waals surface area contributed by atoms with Gasteiger partial charge in [-0.1, -0.05) is 12.1 Å². The van der Waals surface area contributed by atoms with Crippen molar-refractivity contribution in [3.8, 4) is 28.2 Å². The maximum Gasteiger partial charge on any atom is 0.344 e. The minimum Gasteiger partial charge on any atom is -0.450 e. The van der Waals surface area contributed by atoms with E-state index in [1.165, 1.54) is 31.2 Å². The van der Waals surface area contributed by atoms with Crippen LogP contribution in [0.5, 0.6) is 5.75 Å². The predicted octanol–water partition coefficient (Wildman–Crippen LogP) is 4.68. The Hall–Kier alpha value is -3.41. The van der Waals surface area contributed by atoms with Crippen molar-refractivity contribution in [3.63, 3.8) is 0 Å². The van der Waals surface area contributed by atoms with Gasteiger partial charge in [0.25, 0.3) is 6.29 Å². The average Bonchev–Trinajstić information content (AvgIpc) is 2.63. The molecule has 6 heteroatoms. The molecule has 0 amide bonds. The summed E-state index contributed by atoms with van der Waals surface area (Å²) < 4.78 is 30.1. The van der Waals surface area contributed by atoms with Crippen LogP contribution in [-0.2, 0) is 9.53 Å². The Kier molecular flexibility index (Phi) is 4.26. The van der Waals surface area contributed by atoms with E-state index in [0.717, 1.165) is 11.1 Å². The summed E-state index contributed by atoms with van der Waals surface area (Å²) in [5.41, 5.74) is 3.18. The van der Waals surface area contributed by atoms with Crippen molar-refractivity contribution < 1.29 is 23.1 Å². The second-order valence-corrected chi connectivity index (χ2v) is 6.73. The molecular weight excluding hydrogens is 363 g/mol. The summed E-state index contributed by atoms with van der Waals surface area (Å²) in [6.07, 6.45) is -1.05. The molecule has 1 aromatic heterocycles. The Balaban J connectivity index is 1.94. The van der Waals surface area contributed by atoms with Crippen LogP contribution in [0.4, 0.5) is 4.39 Å². The number of ether oxygens (including phenoxy) is 2. The Morgan fingerprint density at radius 2 is 1.71 bits per heavy atom. The molecule has 28 heavy (non-hydrogen) atoms. The third-order valence-corrected chi connectivity index (χ3v) is 4.73. The molecule has 1 aliphatic rings. The van der Waals surface area contributed by atoms with E-state index in [2.05, 4.69) is 0 Å². The van der Waals surface area contributed by atoms with Gasteiger partial charge in [-0.2, -0.15) is 0 Å². The highest BCUT2D eigenvalue weighted by atomic mass is 19.1. The maximum absolute atomic E-state index is 13.2. The lowest BCUT2D eigenvalue weighted by molar-refractivity contribution is -0.162. The Morgan fingerprint density at radius 3 is 2.39 bits per heavy atom. The highest BCUT2D eigenvalue weighted by molar-refractivity contribution is 5.76. The van der Waals surface area contributed by atoms with Gasteiger partial charge in [-0.05, 0) is 60.9 Å². The average molecular weight is 380 g/mol. The SMILES string of the molecule is CC(=O)OC1Oc2cc(C)c(C)cc2-c2oc(=O)c(-c3ccc(F)cc3)cc21. The molecule has 2 heterocycles. The number of hydrogen-bond acceptors (Lipinski definition) is 5. The second-order valence-electron chi connectivity index (χ2n) is 6.73. The van der Waals surface area contributed by atoms with Crippen LogP contribution in [0.15, 0.2) is 51.7 Å². The van der Waals surface area contributed by atoms with Gasteiger partial charge in [0.15, 0.2) is 5.76 Å². The molecule has 4 rings (SSSR count). The van der Waals surface area contributed by atoms with Gasteiger partial charge < -0.3 is 13.9 Å². The molecule has 3 aromatic rings. The Bertz CT molecular complexity index is 1140. The van der Waals surface area contributed by atoms with Crippen LogP contribution in [-0.4, -0.2) is 5.97 Å². The minimum atomic E-state index is -1.05. The zero-order valence-corrected chi connectivity index (χ0v) is 15.5. The van der Waals surface area contributed by atoms with Crippen LogP contribution < -0.4 is 10.4 Å². The molecule has 0 bridgehead atoms. The topological polar surface area (TPSA) is 65.7 Å². The molecule has 1 unspecified atom stereocenters. The van der Waals surface area contributed by atoms with Gasteiger partial charge >= 0.3 is 11.6 Å². The maximum atomic E-state index is 13.2. The lowest BCUT2D eigenvalue weighted by Gasteiger charge is -2.27. The summed E-state index contributed by atoms with van der Waals surface area (Å²) in [4.78, 5) is 24.2. The fourth-order valence-electron chi connectivity index (χ4n) is 3.18. The molecule has 5 nitrogen and oxygen atoms in total. The van der Waals surface area contributed by atoms with E-state index in [4.69, 9.17) is 13.9 Å². The molecule has 0 saturated carbocycles. The number of carbonyl (C=O) groups excluding carboxylic acids is 1. The summed E-state index contributed by atoms with van der Waals surface area (Å²) in [5, 5.41) is 0. The standard InChI is InChI=1S/C22H17FO5/c1-11-8-17-19(9-12(11)2)27-22(26-13(3)24)18-10-16(21(25)28-20(17)18)14-4-6-15(23)7-5-14/h4-10,22H,1-3H3. The zero-order valence-electron chi connectivity index (χ0n) is 15.5. The first-order valence-electron chi connectivity index (χ1n) is 8.73. The number of esters is 1. The van der Waals surface area contributed by atoms with Crippen molar-refractivity contribution in [2.24, 2.45) is 0 Å². The smallest absolute Gasteiger partial charge is 0.344 e. The fraction of sp³-hybridized carbons (Fsp3) is 0.182. The van der Waals surface area contributed by atoms with Crippen LogP contribution in [0.1, 0.15) is 29.9 Å². The molecule has 0 radical (unpaired) electrons. The lowest BCUT2D eigenvalue weighted by Crippen LogP contribution is -2.21. The molecular formula is C22H17FO5. The number of aryl methyl sites for hydroxylation is 2. The molecule has 1 atom stereocenters.